The number of esters is 1. The summed E-state index contributed by atoms with van der Waals surface area (Å²) in [5, 5.41) is 2.85. The average Bonchev–Trinajstić information content (AvgIpc) is 2.62. The second-order valence-corrected chi connectivity index (χ2v) is 5.79. The van der Waals surface area contributed by atoms with Crippen LogP contribution in [0.1, 0.15) is 27.2 Å². The Labute approximate surface area is 142 Å². The van der Waals surface area contributed by atoms with Gasteiger partial charge in [-0.1, -0.05) is 62.4 Å². The Bertz CT molecular complexity index is 697. The van der Waals surface area contributed by atoms with Crippen LogP contribution in [-0.2, 0) is 14.3 Å². The maximum absolute atomic E-state index is 12.4. The van der Waals surface area contributed by atoms with E-state index in [2.05, 4.69) is 5.32 Å². The van der Waals surface area contributed by atoms with Gasteiger partial charge in [0.05, 0.1) is 5.92 Å². The molecule has 2 aromatic carbocycles. The second kappa shape index (κ2) is 8.29. The van der Waals surface area contributed by atoms with Gasteiger partial charge in [-0.05, 0) is 25.0 Å². The molecule has 2 unspecified atom stereocenters. The molecule has 0 aromatic heterocycles. The summed E-state index contributed by atoms with van der Waals surface area (Å²) < 4.78 is 5.23. The molecule has 0 aliphatic heterocycles. The Kier molecular flexibility index (Phi) is 6.13. The fourth-order valence-electron chi connectivity index (χ4n) is 2.21. The van der Waals surface area contributed by atoms with Gasteiger partial charge in [0.2, 0.25) is 0 Å². The van der Waals surface area contributed by atoms with Crippen LogP contribution in [0.25, 0.3) is 11.1 Å². The minimum atomic E-state index is -0.838. The van der Waals surface area contributed by atoms with Crippen LogP contribution in [-0.4, -0.2) is 18.0 Å². The molecule has 126 valence electrons. The van der Waals surface area contributed by atoms with Crippen LogP contribution in [0, 0.1) is 5.92 Å². The molecule has 4 heteroatoms. The van der Waals surface area contributed by atoms with Gasteiger partial charge in [-0.3, -0.25) is 9.59 Å². The first-order chi connectivity index (χ1) is 11.5. The van der Waals surface area contributed by atoms with Crippen LogP contribution in [0.15, 0.2) is 54.6 Å². The van der Waals surface area contributed by atoms with Crippen molar-refractivity contribution in [2.75, 3.05) is 5.32 Å². The van der Waals surface area contributed by atoms with Gasteiger partial charge >= 0.3 is 5.97 Å². The lowest BCUT2D eigenvalue weighted by Gasteiger charge is -2.17. The minimum Gasteiger partial charge on any atom is -0.452 e. The molecule has 1 N–H and O–H groups in total. The van der Waals surface area contributed by atoms with E-state index < -0.39 is 6.10 Å². The number of para-hydroxylation sites is 1. The zero-order valence-corrected chi connectivity index (χ0v) is 14.3. The first-order valence-electron chi connectivity index (χ1n) is 8.18. The Morgan fingerprint density at radius 3 is 2.29 bits per heavy atom. The van der Waals surface area contributed by atoms with E-state index >= 15 is 0 Å². The molecule has 4 nitrogen and oxygen atoms in total. The van der Waals surface area contributed by atoms with Crippen molar-refractivity contribution in [3.8, 4) is 11.1 Å². The van der Waals surface area contributed by atoms with Gasteiger partial charge in [-0.25, -0.2) is 0 Å². The number of carbonyl (C=O) groups excluding carboxylic acids is 2. The minimum absolute atomic E-state index is 0.211. The Morgan fingerprint density at radius 2 is 1.62 bits per heavy atom. The summed E-state index contributed by atoms with van der Waals surface area (Å²) >= 11 is 0. The summed E-state index contributed by atoms with van der Waals surface area (Å²) in [6.45, 7) is 5.28. The zero-order chi connectivity index (χ0) is 17.5. The Hall–Kier alpha value is -2.62. The van der Waals surface area contributed by atoms with Crippen LogP contribution >= 0.6 is 0 Å². The molecule has 0 saturated carbocycles. The molecule has 0 saturated heterocycles. The first-order valence-corrected chi connectivity index (χ1v) is 8.18. The summed E-state index contributed by atoms with van der Waals surface area (Å²) in [4.78, 5) is 24.2. The predicted molar refractivity (Wildman–Crippen MR) is 95.5 cm³/mol. The molecular weight excluding hydrogens is 302 g/mol. The Morgan fingerprint density at radius 1 is 1.00 bits per heavy atom. The van der Waals surface area contributed by atoms with Crippen molar-refractivity contribution in [2.45, 2.75) is 33.3 Å². The van der Waals surface area contributed by atoms with Crippen molar-refractivity contribution in [3.63, 3.8) is 0 Å². The van der Waals surface area contributed by atoms with Gasteiger partial charge in [0.15, 0.2) is 6.10 Å². The highest BCUT2D eigenvalue weighted by molar-refractivity contribution is 5.98. The second-order valence-electron chi connectivity index (χ2n) is 5.79. The number of rotatable bonds is 6. The highest BCUT2D eigenvalue weighted by atomic mass is 16.5. The lowest BCUT2D eigenvalue weighted by atomic mass is 10.0. The number of carbonyl (C=O) groups is 2. The quantitative estimate of drug-likeness (QED) is 0.807. The lowest BCUT2D eigenvalue weighted by Crippen LogP contribution is -2.31. The van der Waals surface area contributed by atoms with Crippen molar-refractivity contribution in [1.82, 2.24) is 0 Å². The van der Waals surface area contributed by atoms with E-state index in [1.807, 2.05) is 61.5 Å². The number of nitrogens with one attached hydrogen (secondary N) is 1. The number of hydrogen-bond donors (Lipinski definition) is 1. The van der Waals surface area contributed by atoms with Crippen molar-refractivity contribution in [3.05, 3.63) is 54.6 Å². The van der Waals surface area contributed by atoms with E-state index in [0.29, 0.717) is 12.1 Å². The van der Waals surface area contributed by atoms with Crippen LogP contribution in [0.3, 0.4) is 0 Å². The molecule has 0 heterocycles. The van der Waals surface area contributed by atoms with Crippen LogP contribution in [0.5, 0.6) is 0 Å². The van der Waals surface area contributed by atoms with E-state index in [4.69, 9.17) is 4.74 Å². The number of benzene rings is 2. The van der Waals surface area contributed by atoms with Crippen LogP contribution in [0.2, 0.25) is 0 Å². The van der Waals surface area contributed by atoms with Crippen molar-refractivity contribution in [1.29, 1.82) is 0 Å². The van der Waals surface area contributed by atoms with Crippen molar-refractivity contribution in [2.24, 2.45) is 5.92 Å². The van der Waals surface area contributed by atoms with Gasteiger partial charge in [-0.2, -0.15) is 0 Å². The van der Waals surface area contributed by atoms with E-state index in [9.17, 15) is 9.59 Å². The standard InChI is InChI=1S/C20H23NO3/c1-4-14(2)20(23)24-15(3)19(22)21-18-13-9-8-12-17(18)16-10-6-5-7-11-16/h5-15H,4H2,1-3H3,(H,21,22). The maximum atomic E-state index is 12.4. The van der Waals surface area contributed by atoms with Gasteiger partial charge in [0.25, 0.3) is 5.91 Å². The molecule has 2 atom stereocenters. The molecule has 2 rings (SSSR count). The molecule has 24 heavy (non-hydrogen) atoms. The Balaban J connectivity index is 2.11. The summed E-state index contributed by atoms with van der Waals surface area (Å²) in [6, 6.07) is 17.4. The zero-order valence-electron chi connectivity index (χ0n) is 14.3. The SMILES string of the molecule is CCC(C)C(=O)OC(C)C(=O)Nc1ccccc1-c1ccccc1. The molecule has 1 amide bonds. The first kappa shape index (κ1) is 17.7. The van der Waals surface area contributed by atoms with Gasteiger partial charge < -0.3 is 10.1 Å². The van der Waals surface area contributed by atoms with Crippen LogP contribution < -0.4 is 5.32 Å². The van der Waals surface area contributed by atoms with Crippen molar-refractivity contribution < 1.29 is 14.3 Å². The molecular formula is C20H23NO3. The third-order valence-corrected chi connectivity index (χ3v) is 3.95. The fourth-order valence-corrected chi connectivity index (χ4v) is 2.21. The number of anilines is 1. The van der Waals surface area contributed by atoms with Gasteiger partial charge in [0, 0.05) is 11.3 Å². The van der Waals surface area contributed by atoms with Crippen molar-refractivity contribution >= 4 is 17.6 Å². The van der Waals surface area contributed by atoms with E-state index in [1.165, 1.54) is 0 Å². The number of ether oxygens (including phenoxy) is 1. The summed E-state index contributed by atoms with van der Waals surface area (Å²) in [5.74, 6) is -0.900. The van der Waals surface area contributed by atoms with Crippen LogP contribution in [0.4, 0.5) is 5.69 Å². The van der Waals surface area contributed by atoms with E-state index in [-0.39, 0.29) is 17.8 Å². The largest absolute Gasteiger partial charge is 0.452 e. The maximum Gasteiger partial charge on any atom is 0.309 e. The van der Waals surface area contributed by atoms with Gasteiger partial charge in [-0.15, -0.1) is 0 Å². The topological polar surface area (TPSA) is 55.4 Å². The summed E-state index contributed by atoms with van der Waals surface area (Å²) in [7, 11) is 0. The highest BCUT2D eigenvalue weighted by Crippen LogP contribution is 2.27. The number of amides is 1. The predicted octanol–water partition coefficient (Wildman–Crippen LogP) is 4.27. The summed E-state index contributed by atoms with van der Waals surface area (Å²) in [6.07, 6.45) is -0.153. The third-order valence-electron chi connectivity index (χ3n) is 3.95. The van der Waals surface area contributed by atoms with E-state index in [1.54, 1.807) is 13.8 Å². The van der Waals surface area contributed by atoms with Gasteiger partial charge in [0.1, 0.15) is 0 Å². The molecule has 0 fully saturated rings. The molecule has 0 aliphatic carbocycles. The number of hydrogen-bond acceptors (Lipinski definition) is 3. The molecule has 2 aromatic rings. The van der Waals surface area contributed by atoms with E-state index in [0.717, 1.165) is 11.1 Å². The molecule has 0 bridgehead atoms. The normalized spacial score (nSPS) is 13.0. The third kappa shape index (κ3) is 4.44. The molecule has 0 spiro atoms. The smallest absolute Gasteiger partial charge is 0.309 e. The molecule has 0 radical (unpaired) electrons. The summed E-state index contributed by atoms with van der Waals surface area (Å²) in [5.41, 5.74) is 2.63. The highest BCUT2D eigenvalue weighted by Gasteiger charge is 2.21. The fraction of sp³-hybridized carbons (Fsp3) is 0.300. The lowest BCUT2D eigenvalue weighted by molar-refractivity contribution is -0.156. The molecule has 0 aliphatic rings. The monoisotopic (exact) mass is 325 g/mol. The average molecular weight is 325 g/mol.